The molecule has 0 aromatic carbocycles. The number of hydrogen-bond donors (Lipinski definition) is 0. The molecule has 0 radical (unpaired) electrons. The monoisotopic (exact) mass is 455 g/mol. The summed E-state index contributed by atoms with van der Waals surface area (Å²) in [7, 11) is -3.96. The Bertz CT molecular complexity index is 863. The lowest BCUT2D eigenvalue weighted by Gasteiger charge is -2.37. The van der Waals surface area contributed by atoms with E-state index in [9.17, 15) is 18.9 Å². The van der Waals surface area contributed by atoms with Crippen LogP contribution in [0.1, 0.15) is 40.0 Å². The van der Waals surface area contributed by atoms with Crippen molar-refractivity contribution in [2.24, 2.45) is 5.41 Å². The minimum absolute atomic E-state index is 0.0472. The van der Waals surface area contributed by atoms with Crippen LogP contribution < -0.4 is 0 Å². The third kappa shape index (κ3) is 5.08. The minimum Gasteiger partial charge on any atom is -0.463 e. The molecule has 0 N–H and O–H groups in total. The van der Waals surface area contributed by atoms with Gasteiger partial charge in [0.1, 0.15) is 17.6 Å². The quantitative estimate of drug-likeness (QED) is 0.187. The largest absolute Gasteiger partial charge is 0.475 e. The maximum atomic E-state index is 12.9. The molecule has 0 aliphatic carbocycles. The van der Waals surface area contributed by atoms with Crippen molar-refractivity contribution in [3.63, 3.8) is 0 Å². The van der Waals surface area contributed by atoms with Gasteiger partial charge in [-0.3, -0.25) is 32.9 Å². The first-order valence-electron chi connectivity index (χ1n) is 10.0. The molecule has 10 nitrogen and oxygen atoms in total. The molecule has 2 saturated heterocycles. The van der Waals surface area contributed by atoms with E-state index in [1.54, 1.807) is 20.8 Å². The van der Waals surface area contributed by atoms with E-state index in [4.69, 9.17) is 29.5 Å². The van der Waals surface area contributed by atoms with Crippen molar-refractivity contribution >= 4 is 25.5 Å². The average molecular weight is 455 g/mol. The molecule has 3 aliphatic heterocycles. The van der Waals surface area contributed by atoms with Gasteiger partial charge in [-0.1, -0.05) is 5.92 Å². The summed E-state index contributed by atoms with van der Waals surface area (Å²) in [5.74, 6) is 1.45. The molecular formula is C20H26NO9P. The molecule has 0 aromatic rings. The Morgan fingerprint density at radius 3 is 2.84 bits per heavy atom. The first-order valence-corrected chi connectivity index (χ1v) is 11.5. The third-order valence-corrected chi connectivity index (χ3v) is 6.57. The standard InChI is InChI=1S/C20H26NO9P/c1-5-20(4)18-15(29-19(20)21-9-8-14(22)11-16(21)23)12-27-31(25,30-18)26-10-6-7-17(24)28-13(2)3/h1,8-9,13,15,18-19H,6-7,10-12H2,2-4H3/t15-,18-,19-,20-,31+/m1/s1. The second-order valence-corrected chi connectivity index (χ2v) is 9.58. The van der Waals surface area contributed by atoms with E-state index in [2.05, 4.69) is 5.92 Å². The molecule has 0 saturated carbocycles. The average Bonchev–Trinajstić information content (AvgIpc) is 2.97. The summed E-state index contributed by atoms with van der Waals surface area (Å²) in [6.45, 7) is 4.98. The van der Waals surface area contributed by atoms with Crippen LogP contribution in [0.25, 0.3) is 0 Å². The zero-order valence-corrected chi connectivity index (χ0v) is 18.5. The Morgan fingerprint density at radius 2 is 2.19 bits per heavy atom. The summed E-state index contributed by atoms with van der Waals surface area (Å²) < 4.78 is 40.2. The van der Waals surface area contributed by atoms with Crippen LogP contribution >= 0.6 is 7.82 Å². The molecule has 3 rings (SSSR count). The van der Waals surface area contributed by atoms with E-state index >= 15 is 0 Å². The summed E-state index contributed by atoms with van der Waals surface area (Å²) in [4.78, 5) is 36.7. The number of phosphoric acid groups is 1. The predicted molar refractivity (Wildman–Crippen MR) is 106 cm³/mol. The number of ether oxygens (including phenoxy) is 2. The van der Waals surface area contributed by atoms with E-state index in [1.165, 1.54) is 17.2 Å². The first kappa shape index (κ1) is 23.6. The fourth-order valence-corrected chi connectivity index (χ4v) is 5.10. The summed E-state index contributed by atoms with van der Waals surface area (Å²) in [6.07, 6.45) is 5.76. The van der Waals surface area contributed by atoms with Crippen LogP contribution in [0.15, 0.2) is 12.3 Å². The van der Waals surface area contributed by atoms with Crippen LogP contribution in [-0.2, 0) is 42.0 Å². The number of allylic oxidation sites excluding steroid dienone is 1. The van der Waals surface area contributed by atoms with Gasteiger partial charge in [0.05, 0.1) is 25.7 Å². The number of ketones is 1. The van der Waals surface area contributed by atoms with Gasteiger partial charge in [0.2, 0.25) is 5.91 Å². The molecule has 170 valence electrons. The van der Waals surface area contributed by atoms with Gasteiger partial charge in [0.25, 0.3) is 0 Å². The zero-order chi connectivity index (χ0) is 22.8. The van der Waals surface area contributed by atoms with Crippen molar-refractivity contribution in [3.05, 3.63) is 12.3 Å². The van der Waals surface area contributed by atoms with Gasteiger partial charge >= 0.3 is 13.8 Å². The van der Waals surface area contributed by atoms with Gasteiger partial charge in [-0.2, -0.15) is 0 Å². The number of carbonyl (C=O) groups is 3. The summed E-state index contributed by atoms with van der Waals surface area (Å²) >= 11 is 0. The number of fused-ring (bicyclic) bond motifs is 1. The Morgan fingerprint density at radius 1 is 1.45 bits per heavy atom. The van der Waals surface area contributed by atoms with Gasteiger partial charge < -0.3 is 9.47 Å². The molecule has 31 heavy (non-hydrogen) atoms. The number of nitrogens with zero attached hydrogens (tertiary/aromatic N) is 1. The fraction of sp³-hybridized carbons (Fsp3) is 0.650. The lowest BCUT2D eigenvalue weighted by atomic mass is 9.82. The van der Waals surface area contributed by atoms with Gasteiger partial charge in [0.15, 0.2) is 12.0 Å². The lowest BCUT2D eigenvalue weighted by molar-refractivity contribution is -0.148. The lowest BCUT2D eigenvalue weighted by Crippen LogP contribution is -2.49. The van der Waals surface area contributed by atoms with Crippen LogP contribution in [0.4, 0.5) is 0 Å². The highest BCUT2D eigenvalue weighted by molar-refractivity contribution is 7.48. The highest BCUT2D eigenvalue weighted by Crippen LogP contribution is 2.59. The molecule has 5 atom stereocenters. The number of terminal acetylenes is 1. The molecule has 11 heteroatoms. The number of rotatable bonds is 7. The van der Waals surface area contributed by atoms with Crippen molar-refractivity contribution in [2.45, 2.75) is 64.6 Å². The third-order valence-electron chi connectivity index (χ3n) is 5.12. The van der Waals surface area contributed by atoms with E-state index in [0.717, 1.165) is 0 Å². The van der Waals surface area contributed by atoms with Crippen LogP contribution in [0.3, 0.4) is 0 Å². The zero-order valence-electron chi connectivity index (χ0n) is 17.6. The molecule has 0 bridgehead atoms. The van der Waals surface area contributed by atoms with Crippen LogP contribution in [0.5, 0.6) is 0 Å². The Labute approximate surface area is 180 Å². The summed E-state index contributed by atoms with van der Waals surface area (Å²) in [5, 5.41) is 0. The topological polar surface area (TPSA) is 118 Å². The Kier molecular flexibility index (Phi) is 7.04. The summed E-state index contributed by atoms with van der Waals surface area (Å²) in [5.41, 5.74) is -1.17. The second-order valence-electron chi connectivity index (χ2n) is 7.96. The highest BCUT2D eigenvalue weighted by Gasteiger charge is 2.61. The van der Waals surface area contributed by atoms with Gasteiger partial charge in [-0.25, -0.2) is 4.57 Å². The van der Waals surface area contributed by atoms with E-state index in [-0.39, 0.29) is 50.3 Å². The number of esters is 1. The van der Waals surface area contributed by atoms with Gasteiger partial charge in [-0.05, 0) is 33.3 Å². The normalized spacial score (nSPS) is 35.2. The maximum Gasteiger partial charge on any atom is 0.475 e. The molecule has 0 aromatic heterocycles. The van der Waals surface area contributed by atoms with Crippen LogP contribution in [-0.4, -0.2) is 60.3 Å². The van der Waals surface area contributed by atoms with Crippen LogP contribution in [0, 0.1) is 17.8 Å². The van der Waals surface area contributed by atoms with E-state index < -0.39 is 37.6 Å². The maximum absolute atomic E-state index is 12.9. The number of phosphoric ester groups is 1. The molecule has 3 heterocycles. The van der Waals surface area contributed by atoms with Crippen molar-refractivity contribution in [3.8, 4) is 12.3 Å². The Balaban J connectivity index is 1.64. The van der Waals surface area contributed by atoms with Crippen molar-refractivity contribution < 1.29 is 42.0 Å². The van der Waals surface area contributed by atoms with Gasteiger partial charge in [0, 0.05) is 12.6 Å². The molecule has 2 fully saturated rings. The van der Waals surface area contributed by atoms with Crippen molar-refractivity contribution in [1.82, 2.24) is 4.90 Å². The number of carbonyl (C=O) groups excluding carboxylic acids is 3. The fourth-order valence-electron chi connectivity index (χ4n) is 3.59. The van der Waals surface area contributed by atoms with E-state index in [1.807, 2.05) is 0 Å². The minimum atomic E-state index is -3.96. The van der Waals surface area contributed by atoms with Gasteiger partial charge in [-0.15, -0.1) is 6.42 Å². The number of hydrogen-bond acceptors (Lipinski definition) is 9. The smallest absolute Gasteiger partial charge is 0.463 e. The Hall–Kier alpha value is -2.02. The van der Waals surface area contributed by atoms with Crippen LogP contribution in [0.2, 0.25) is 0 Å². The predicted octanol–water partition coefficient (Wildman–Crippen LogP) is 1.94. The molecule has 1 amide bonds. The molecular weight excluding hydrogens is 429 g/mol. The van der Waals surface area contributed by atoms with Crippen molar-refractivity contribution in [1.29, 1.82) is 0 Å². The second kappa shape index (κ2) is 9.23. The molecule has 3 aliphatic rings. The highest BCUT2D eigenvalue weighted by atomic mass is 31.2. The van der Waals surface area contributed by atoms with E-state index in [0.29, 0.717) is 0 Å². The summed E-state index contributed by atoms with van der Waals surface area (Å²) in [6, 6.07) is 0. The number of amides is 1. The molecule has 0 spiro atoms. The molecule has 0 unspecified atom stereocenters. The first-order chi connectivity index (χ1) is 14.6. The van der Waals surface area contributed by atoms with Crippen molar-refractivity contribution in [2.75, 3.05) is 13.2 Å². The SMILES string of the molecule is C#C[C@]1(C)[C@@H]2O[P@@](=O)(OCCCC(=O)OC(C)C)OC[C@H]2O[C@H]1N1C=CC(=O)CC1=O.